The van der Waals surface area contributed by atoms with Crippen LogP contribution in [0.2, 0.25) is 0 Å². The van der Waals surface area contributed by atoms with Crippen LogP contribution in [-0.2, 0) is 0 Å². The largest absolute Gasteiger partial charge is 0.264 e. The first-order chi connectivity index (χ1) is 19.9. The van der Waals surface area contributed by atoms with Gasteiger partial charge in [0.25, 0.3) is 0 Å². The third-order valence-electron chi connectivity index (χ3n) is 8.11. The van der Waals surface area contributed by atoms with Crippen LogP contribution in [0.15, 0.2) is 152 Å². The Morgan fingerprint density at radius 3 is 1.60 bits per heavy atom. The van der Waals surface area contributed by atoms with Crippen molar-refractivity contribution in [3.8, 4) is 66.8 Å². The summed E-state index contributed by atoms with van der Waals surface area (Å²) in [5.41, 5.74) is 15.0. The number of pyridine rings is 1. The van der Waals surface area contributed by atoms with Gasteiger partial charge >= 0.3 is 0 Å². The first-order valence-electron chi connectivity index (χ1n) is 13.7. The molecular formula is C39H25N. The molecule has 6 aromatic carbocycles. The van der Waals surface area contributed by atoms with Gasteiger partial charge < -0.3 is 0 Å². The van der Waals surface area contributed by atoms with Crippen LogP contribution in [0.4, 0.5) is 0 Å². The maximum absolute atomic E-state index is 4.32. The van der Waals surface area contributed by atoms with Crippen LogP contribution >= 0.6 is 0 Å². The van der Waals surface area contributed by atoms with E-state index in [1.165, 1.54) is 72.0 Å². The molecule has 0 amide bonds. The van der Waals surface area contributed by atoms with Gasteiger partial charge in [-0.1, -0.05) is 127 Å². The van der Waals surface area contributed by atoms with E-state index < -0.39 is 0 Å². The van der Waals surface area contributed by atoms with Crippen molar-refractivity contribution in [2.45, 2.75) is 0 Å². The molecule has 0 spiro atoms. The van der Waals surface area contributed by atoms with Gasteiger partial charge in [-0.25, -0.2) is 0 Å². The Bertz CT molecular complexity index is 2000. The minimum atomic E-state index is 1.12. The molecule has 186 valence electrons. The molecule has 8 rings (SSSR count). The fraction of sp³-hybridized carbons (Fsp3) is 0. The minimum Gasteiger partial charge on any atom is -0.264 e. The van der Waals surface area contributed by atoms with Gasteiger partial charge in [-0.05, 0) is 89.7 Å². The topological polar surface area (TPSA) is 12.9 Å². The predicted octanol–water partition coefficient (Wildman–Crippen LogP) is 10.6. The molecule has 1 heterocycles. The fourth-order valence-corrected chi connectivity index (χ4v) is 6.34. The normalized spacial score (nSPS) is 11.5. The lowest BCUT2D eigenvalue weighted by molar-refractivity contribution is 1.33. The van der Waals surface area contributed by atoms with Crippen LogP contribution in [0.25, 0.3) is 77.5 Å². The minimum absolute atomic E-state index is 1.12. The average molecular weight is 508 g/mol. The summed E-state index contributed by atoms with van der Waals surface area (Å²) in [6, 6.07) is 50.6. The van der Waals surface area contributed by atoms with Crippen molar-refractivity contribution in [3.63, 3.8) is 0 Å². The average Bonchev–Trinajstić information content (AvgIpc) is 3.38. The molecule has 0 bridgehead atoms. The van der Waals surface area contributed by atoms with Crippen LogP contribution in [0.3, 0.4) is 0 Å². The Labute approximate surface area is 234 Å². The summed E-state index contributed by atoms with van der Waals surface area (Å²) in [7, 11) is 0. The lowest BCUT2D eigenvalue weighted by Gasteiger charge is -2.21. The van der Waals surface area contributed by atoms with Crippen molar-refractivity contribution in [2.75, 3.05) is 0 Å². The second-order valence-electron chi connectivity index (χ2n) is 10.4. The smallest absolute Gasteiger partial charge is 0.0346 e. The summed E-state index contributed by atoms with van der Waals surface area (Å²) in [6.45, 7) is 0. The Kier molecular flexibility index (Phi) is 5.21. The van der Waals surface area contributed by atoms with Crippen molar-refractivity contribution >= 4 is 10.8 Å². The second kappa shape index (κ2) is 9.18. The Morgan fingerprint density at radius 2 is 0.925 bits per heavy atom. The summed E-state index contributed by atoms with van der Waals surface area (Å²) in [5, 5.41) is 2.63. The van der Waals surface area contributed by atoms with E-state index in [2.05, 4.69) is 138 Å². The van der Waals surface area contributed by atoms with Crippen LogP contribution in [-0.4, -0.2) is 4.98 Å². The van der Waals surface area contributed by atoms with E-state index in [1.807, 2.05) is 18.5 Å². The lowest BCUT2D eigenvalue weighted by Crippen LogP contribution is -1.94. The zero-order valence-electron chi connectivity index (χ0n) is 21.9. The molecule has 1 nitrogen and oxygen atoms in total. The zero-order chi connectivity index (χ0) is 26.5. The van der Waals surface area contributed by atoms with E-state index in [-0.39, 0.29) is 0 Å². The highest BCUT2D eigenvalue weighted by Gasteiger charge is 2.29. The number of hydrogen-bond acceptors (Lipinski definition) is 1. The summed E-state index contributed by atoms with van der Waals surface area (Å²) in [6.07, 6.45) is 3.74. The highest BCUT2D eigenvalue weighted by atomic mass is 14.6. The molecule has 0 radical (unpaired) electrons. The summed E-state index contributed by atoms with van der Waals surface area (Å²) in [4.78, 5) is 4.32. The summed E-state index contributed by atoms with van der Waals surface area (Å²) < 4.78 is 0. The third-order valence-corrected chi connectivity index (χ3v) is 8.11. The molecule has 1 aliphatic rings. The number of fused-ring (bicyclic) bond motifs is 3. The lowest BCUT2D eigenvalue weighted by atomic mass is 9.82. The highest BCUT2D eigenvalue weighted by Crippen LogP contribution is 2.57. The maximum atomic E-state index is 4.32. The van der Waals surface area contributed by atoms with E-state index in [9.17, 15) is 0 Å². The Hall–Kier alpha value is -5.27. The molecule has 0 atom stereocenters. The van der Waals surface area contributed by atoms with Crippen LogP contribution < -0.4 is 0 Å². The molecule has 1 aromatic heterocycles. The molecule has 7 aromatic rings. The Balaban J connectivity index is 1.48. The molecule has 1 aliphatic carbocycles. The van der Waals surface area contributed by atoms with E-state index in [1.54, 1.807) is 0 Å². The number of hydrogen-bond donors (Lipinski definition) is 0. The molecule has 40 heavy (non-hydrogen) atoms. The molecule has 0 saturated carbocycles. The molecule has 0 N–H and O–H groups in total. The van der Waals surface area contributed by atoms with Gasteiger partial charge in [0.05, 0.1) is 0 Å². The zero-order valence-corrected chi connectivity index (χ0v) is 21.9. The van der Waals surface area contributed by atoms with E-state index in [4.69, 9.17) is 0 Å². The third kappa shape index (κ3) is 3.52. The fourth-order valence-electron chi connectivity index (χ4n) is 6.34. The number of benzene rings is 6. The Morgan fingerprint density at radius 1 is 0.350 bits per heavy atom. The molecular weight excluding hydrogens is 482 g/mol. The number of rotatable bonds is 4. The quantitative estimate of drug-likeness (QED) is 0.231. The second-order valence-corrected chi connectivity index (χ2v) is 10.4. The van der Waals surface area contributed by atoms with Crippen molar-refractivity contribution < 1.29 is 0 Å². The maximum Gasteiger partial charge on any atom is 0.0346 e. The van der Waals surface area contributed by atoms with Crippen LogP contribution in [0.5, 0.6) is 0 Å². The first-order valence-corrected chi connectivity index (χ1v) is 13.7. The van der Waals surface area contributed by atoms with Crippen molar-refractivity contribution in [3.05, 3.63) is 152 Å². The van der Waals surface area contributed by atoms with Gasteiger partial charge in [0, 0.05) is 12.4 Å². The monoisotopic (exact) mass is 507 g/mol. The molecule has 0 saturated heterocycles. The van der Waals surface area contributed by atoms with Crippen molar-refractivity contribution in [1.29, 1.82) is 0 Å². The molecule has 1 heteroatoms. The summed E-state index contributed by atoms with van der Waals surface area (Å²) in [5.74, 6) is 0. The van der Waals surface area contributed by atoms with Gasteiger partial charge in [-0.2, -0.15) is 0 Å². The van der Waals surface area contributed by atoms with Crippen molar-refractivity contribution in [1.82, 2.24) is 4.98 Å². The molecule has 0 fully saturated rings. The SMILES string of the molecule is c1ccc(-c2cc(-c3ccc(-c4cccnc4)cc3)c(-c3ccccc3)c3c2-c2cccc4cccc-3c24)cc1. The standard InChI is InChI=1S/C39H25N/c1-3-10-27(11-4-1)35-24-34(28-21-19-26(20-22-28)31-16-9-23-40-25-31)37(30-12-5-2-6-13-30)39-33-18-8-15-29-14-7-17-32(36(29)33)38(35)39/h1-25H. The van der Waals surface area contributed by atoms with Gasteiger partial charge in [0.1, 0.15) is 0 Å². The van der Waals surface area contributed by atoms with Crippen LogP contribution in [0, 0.1) is 0 Å². The molecule has 0 aliphatic heterocycles. The van der Waals surface area contributed by atoms with Gasteiger partial charge in [-0.15, -0.1) is 0 Å². The number of nitrogens with zero attached hydrogens (tertiary/aromatic N) is 1. The first kappa shape index (κ1) is 22.7. The van der Waals surface area contributed by atoms with Crippen molar-refractivity contribution in [2.24, 2.45) is 0 Å². The van der Waals surface area contributed by atoms with Gasteiger partial charge in [-0.3, -0.25) is 4.98 Å². The van der Waals surface area contributed by atoms with E-state index >= 15 is 0 Å². The van der Waals surface area contributed by atoms with E-state index in [0.29, 0.717) is 0 Å². The van der Waals surface area contributed by atoms with E-state index in [0.717, 1.165) is 5.56 Å². The number of aromatic nitrogens is 1. The van der Waals surface area contributed by atoms with Gasteiger partial charge in [0.15, 0.2) is 0 Å². The van der Waals surface area contributed by atoms with Crippen LogP contribution in [0.1, 0.15) is 0 Å². The molecule has 0 unspecified atom stereocenters. The summed E-state index contributed by atoms with van der Waals surface area (Å²) >= 11 is 0. The predicted molar refractivity (Wildman–Crippen MR) is 168 cm³/mol. The highest BCUT2D eigenvalue weighted by molar-refractivity contribution is 6.22. The van der Waals surface area contributed by atoms with Gasteiger partial charge in [0.2, 0.25) is 0 Å².